The highest BCUT2D eigenvalue weighted by Crippen LogP contribution is 2.19. The van der Waals surface area contributed by atoms with Crippen LogP contribution < -0.4 is 16.6 Å². The van der Waals surface area contributed by atoms with Crippen LogP contribution >= 0.6 is 0 Å². The molecule has 30 heavy (non-hydrogen) atoms. The van der Waals surface area contributed by atoms with E-state index in [0.29, 0.717) is 5.56 Å². The lowest BCUT2D eigenvalue weighted by Gasteiger charge is -2.13. The van der Waals surface area contributed by atoms with E-state index in [1.807, 2.05) is 25.1 Å². The molecule has 0 aliphatic heterocycles. The minimum Gasteiger partial charge on any atom is -0.348 e. The molecule has 1 heterocycles. The quantitative estimate of drug-likeness (QED) is 0.701. The van der Waals surface area contributed by atoms with Gasteiger partial charge in [-0.15, -0.1) is 0 Å². The van der Waals surface area contributed by atoms with Gasteiger partial charge >= 0.3 is 5.69 Å². The van der Waals surface area contributed by atoms with Gasteiger partial charge in [-0.05, 0) is 43.9 Å². The van der Waals surface area contributed by atoms with Crippen LogP contribution in [0.2, 0.25) is 0 Å². The van der Waals surface area contributed by atoms with E-state index >= 15 is 0 Å². The fourth-order valence-electron chi connectivity index (χ4n) is 3.15. The zero-order valence-electron chi connectivity index (χ0n) is 16.7. The zero-order valence-corrected chi connectivity index (χ0v) is 16.7. The van der Waals surface area contributed by atoms with Crippen molar-refractivity contribution >= 4 is 5.91 Å². The van der Waals surface area contributed by atoms with Gasteiger partial charge in [0.05, 0.1) is 12.2 Å². The molecule has 4 rings (SSSR count). The van der Waals surface area contributed by atoms with Gasteiger partial charge in [-0.3, -0.25) is 14.2 Å². The molecule has 1 aliphatic rings. The first-order chi connectivity index (χ1) is 14.3. The minimum atomic E-state index is -0.775. The molecule has 1 aliphatic carbocycles. The van der Waals surface area contributed by atoms with E-state index < -0.39 is 28.7 Å². The second-order valence-electron chi connectivity index (χ2n) is 7.60. The standard InChI is InChI=1S/C22H21FN4O3/c1-13-4-3-5-15(10-13)12-26-21(29)19(20(28)24-16-7-8-16)25-27(22(26)30)17-9-6-14(2)18(23)11-17/h3-6,9-11,16H,7-8,12H2,1-2H3,(H,24,28). The lowest BCUT2D eigenvalue weighted by molar-refractivity contribution is 0.0941. The van der Waals surface area contributed by atoms with Gasteiger partial charge < -0.3 is 5.32 Å². The van der Waals surface area contributed by atoms with Gasteiger partial charge in [0.2, 0.25) is 5.69 Å². The van der Waals surface area contributed by atoms with Crippen molar-refractivity contribution < 1.29 is 9.18 Å². The summed E-state index contributed by atoms with van der Waals surface area (Å²) in [4.78, 5) is 38.7. The van der Waals surface area contributed by atoms with Crippen molar-refractivity contribution in [1.82, 2.24) is 19.7 Å². The van der Waals surface area contributed by atoms with Crippen molar-refractivity contribution in [2.75, 3.05) is 0 Å². The number of hydrogen-bond acceptors (Lipinski definition) is 4. The average molecular weight is 408 g/mol. The molecule has 1 aromatic heterocycles. The molecule has 0 spiro atoms. The van der Waals surface area contributed by atoms with E-state index in [1.165, 1.54) is 12.1 Å². The van der Waals surface area contributed by atoms with E-state index in [4.69, 9.17) is 0 Å². The Morgan fingerprint density at radius 2 is 1.93 bits per heavy atom. The first kappa shape index (κ1) is 19.8. The molecule has 1 amide bonds. The van der Waals surface area contributed by atoms with Gasteiger partial charge in [0.1, 0.15) is 5.82 Å². The number of nitrogens with zero attached hydrogens (tertiary/aromatic N) is 3. The molecular weight excluding hydrogens is 387 g/mol. The van der Waals surface area contributed by atoms with E-state index in [-0.39, 0.29) is 18.3 Å². The number of nitrogens with one attached hydrogen (secondary N) is 1. The van der Waals surface area contributed by atoms with E-state index in [0.717, 1.165) is 39.3 Å². The van der Waals surface area contributed by atoms with Gasteiger partial charge in [0.15, 0.2) is 0 Å². The Kier molecular flexibility index (Phi) is 5.07. The Morgan fingerprint density at radius 3 is 2.60 bits per heavy atom. The number of aryl methyl sites for hydroxylation is 2. The second-order valence-corrected chi connectivity index (χ2v) is 7.60. The summed E-state index contributed by atoms with van der Waals surface area (Å²) in [6.45, 7) is 3.48. The maximum absolute atomic E-state index is 14.1. The van der Waals surface area contributed by atoms with Crippen LogP contribution in [0, 0.1) is 19.7 Å². The molecule has 0 unspecified atom stereocenters. The van der Waals surface area contributed by atoms with Crippen LogP contribution in [0.15, 0.2) is 52.1 Å². The van der Waals surface area contributed by atoms with E-state index in [9.17, 15) is 18.8 Å². The summed E-state index contributed by atoms with van der Waals surface area (Å²) >= 11 is 0. The maximum atomic E-state index is 14.1. The fourth-order valence-corrected chi connectivity index (χ4v) is 3.15. The van der Waals surface area contributed by atoms with Gasteiger partial charge in [-0.2, -0.15) is 9.78 Å². The maximum Gasteiger partial charge on any atom is 0.352 e. The van der Waals surface area contributed by atoms with Crippen molar-refractivity contribution in [2.24, 2.45) is 0 Å². The summed E-state index contributed by atoms with van der Waals surface area (Å²) in [7, 11) is 0. The third-order valence-corrected chi connectivity index (χ3v) is 5.01. The number of rotatable bonds is 5. The normalized spacial score (nSPS) is 13.3. The summed E-state index contributed by atoms with van der Waals surface area (Å²) in [6.07, 6.45) is 1.68. The molecule has 0 saturated heterocycles. The van der Waals surface area contributed by atoms with Gasteiger partial charge in [-0.25, -0.2) is 9.18 Å². The minimum absolute atomic E-state index is 0.0149. The number of carbonyl (C=O) groups is 1. The number of hydrogen-bond donors (Lipinski definition) is 1. The number of amides is 1. The molecule has 0 radical (unpaired) electrons. The second kappa shape index (κ2) is 7.70. The molecular formula is C22H21FN4O3. The summed E-state index contributed by atoms with van der Waals surface area (Å²) in [5.41, 5.74) is 0.345. The Hall–Kier alpha value is -3.55. The predicted octanol–water partition coefficient (Wildman–Crippen LogP) is 2.09. The molecule has 0 atom stereocenters. The molecule has 0 bridgehead atoms. The summed E-state index contributed by atoms with van der Waals surface area (Å²) < 4.78 is 16.0. The largest absolute Gasteiger partial charge is 0.352 e. The summed E-state index contributed by atoms with van der Waals surface area (Å²) in [5.74, 6) is -1.15. The SMILES string of the molecule is Cc1cccc(Cn2c(=O)c(C(=O)NC3CC3)nn(-c3ccc(C)c(F)c3)c2=O)c1. The summed E-state index contributed by atoms with van der Waals surface area (Å²) in [6, 6.07) is 11.6. The summed E-state index contributed by atoms with van der Waals surface area (Å²) in [5, 5.41) is 6.73. The van der Waals surface area contributed by atoms with Crippen LogP contribution in [0.25, 0.3) is 5.69 Å². The van der Waals surface area contributed by atoms with Crippen LogP contribution in [0.1, 0.15) is 40.0 Å². The molecule has 7 nitrogen and oxygen atoms in total. The van der Waals surface area contributed by atoms with Crippen molar-refractivity contribution in [2.45, 2.75) is 39.3 Å². The zero-order chi connectivity index (χ0) is 21.4. The lowest BCUT2D eigenvalue weighted by atomic mass is 10.1. The van der Waals surface area contributed by atoms with Gasteiger partial charge in [0, 0.05) is 12.1 Å². The number of benzene rings is 2. The van der Waals surface area contributed by atoms with Crippen molar-refractivity contribution in [1.29, 1.82) is 0 Å². The van der Waals surface area contributed by atoms with Gasteiger partial charge in [0.25, 0.3) is 11.5 Å². The third kappa shape index (κ3) is 3.94. The molecule has 3 aromatic rings. The van der Waals surface area contributed by atoms with Crippen LogP contribution in [0.3, 0.4) is 0 Å². The fraction of sp³-hybridized carbons (Fsp3) is 0.273. The number of halogens is 1. The molecule has 8 heteroatoms. The lowest BCUT2D eigenvalue weighted by Crippen LogP contribution is -2.46. The Morgan fingerprint density at radius 1 is 1.17 bits per heavy atom. The molecule has 1 N–H and O–H groups in total. The monoisotopic (exact) mass is 408 g/mol. The van der Waals surface area contributed by atoms with Crippen molar-refractivity contribution in [3.63, 3.8) is 0 Å². The molecule has 154 valence electrons. The Bertz CT molecular complexity index is 1260. The molecule has 1 saturated carbocycles. The molecule has 2 aromatic carbocycles. The Balaban J connectivity index is 1.88. The predicted molar refractivity (Wildman–Crippen MR) is 110 cm³/mol. The van der Waals surface area contributed by atoms with E-state index in [1.54, 1.807) is 13.0 Å². The van der Waals surface area contributed by atoms with Gasteiger partial charge in [-0.1, -0.05) is 35.9 Å². The van der Waals surface area contributed by atoms with Crippen LogP contribution in [0.5, 0.6) is 0 Å². The number of carbonyl (C=O) groups excluding carboxylic acids is 1. The van der Waals surface area contributed by atoms with Crippen molar-refractivity contribution in [3.05, 3.63) is 91.5 Å². The van der Waals surface area contributed by atoms with Crippen LogP contribution in [0.4, 0.5) is 4.39 Å². The third-order valence-electron chi connectivity index (χ3n) is 5.01. The molecule has 1 fully saturated rings. The van der Waals surface area contributed by atoms with Crippen LogP contribution in [-0.4, -0.2) is 26.3 Å². The highest BCUT2D eigenvalue weighted by Gasteiger charge is 2.27. The van der Waals surface area contributed by atoms with Crippen LogP contribution in [-0.2, 0) is 6.54 Å². The first-order valence-electron chi connectivity index (χ1n) is 9.70. The highest BCUT2D eigenvalue weighted by atomic mass is 19.1. The Labute approximate surface area is 171 Å². The van der Waals surface area contributed by atoms with E-state index in [2.05, 4.69) is 10.4 Å². The smallest absolute Gasteiger partial charge is 0.348 e. The number of aromatic nitrogens is 3. The first-order valence-corrected chi connectivity index (χ1v) is 9.70. The van der Waals surface area contributed by atoms with Crippen molar-refractivity contribution in [3.8, 4) is 5.69 Å². The topological polar surface area (TPSA) is 86.0 Å². The highest BCUT2D eigenvalue weighted by molar-refractivity contribution is 5.92. The average Bonchev–Trinajstić information content (AvgIpc) is 3.51.